The lowest BCUT2D eigenvalue weighted by Gasteiger charge is -2.11. The van der Waals surface area contributed by atoms with Gasteiger partial charge in [0.05, 0.1) is 0 Å². The van der Waals surface area contributed by atoms with Gasteiger partial charge >= 0.3 is 24.1 Å². The van der Waals surface area contributed by atoms with Crippen LogP contribution in [-0.4, -0.2) is 70.9 Å². The van der Waals surface area contributed by atoms with Crippen LogP contribution in [0.25, 0.3) is 0 Å². The Hall–Kier alpha value is -2.61. The number of carboxylic acids is 2. The van der Waals surface area contributed by atoms with Crippen molar-refractivity contribution in [1.29, 1.82) is 0 Å². The molecule has 0 saturated carbocycles. The highest BCUT2D eigenvalue weighted by atomic mass is 16.9. The van der Waals surface area contributed by atoms with Crippen molar-refractivity contribution in [1.82, 2.24) is 0 Å². The molecule has 12 nitrogen and oxygen atoms in total. The molecule has 0 aliphatic heterocycles. The lowest BCUT2D eigenvalue weighted by atomic mass is 10.4. The third-order valence-corrected chi connectivity index (χ3v) is 1.23. The Morgan fingerprint density at radius 3 is 1.12 bits per heavy atom. The Labute approximate surface area is 142 Å². The zero-order valence-corrected chi connectivity index (χ0v) is 13.3. The van der Waals surface area contributed by atoms with Crippen LogP contribution < -0.4 is 0 Å². The highest BCUT2D eigenvalue weighted by Crippen LogP contribution is 1.95. The number of esters is 1. The predicted molar refractivity (Wildman–Crippen MR) is 81.0 cm³/mol. The summed E-state index contributed by atoms with van der Waals surface area (Å²) in [5.41, 5.74) is 0. The molecule has 12 heteroatoms. The molecule has 0 aromatic rings. The average Bonchev–Trinajstić information content (AvgIpc) is 2.46. The van der Waals surface area contributed by atoms with Gasteiger partial charge in [0, 0.05) is 24.6 Å². The smallest absolute Gasteiger partial charge is 0.455 e. The Balaban J connectivity index is -0.000000122. The molecular formula is C13H22O12. The quantitative estimate of drug-likeness (QED) is 0.147. The first-order valence-corrected chi connectivity index (χ1v) is 5.96. The van der Waals surface area contributed by atoms with E-state index in [-0.39, 0.29) is 6.42 Å². The van der Waals surface area contributed by atoms with Crippen molar-refractivity contribution in [2.45, 2.75) is 25.5 Å². The third-order valence-electron chi connectivity index (χ3n) is 1.23. The van der Waals surface area contributed by atoms with Crippen LogP contribution in [-0.2, 0) is 19.1 Å². The second-order valence-electron chi connectivity index (χ2n) is 3.41. The molecule has 0 aromatic heterocycles. The Morgan fingerprint density at radius 2 is 1.08 bits per heavy atom. The Kier molecular flexibility index (Phi) is 19.7. The highest BCUT2D eigenvalue weighted by Gasteiger charge is 2.22. The number of carbonyl (C=O) groups is 3. The van der Waals surface area contributed by atoms with Crippen molar-refractivity contribution in [2.24, 2.45) is 0 Å². The van der Waals surface area contributed by atoms with E-state index in [2.05, 4.69) is 24.5 Å². The highest BCUT2D eigenvalue weighted by molar-refractivity contribution is 5.81. The van der Waals surface area contributed by atoms with Gasteiger partial charge in [0.25, 0.3) is 5.97 Å². The number of aliphatic hydroxyl groups is 6. The van der Waals surface area contributed by atoms with E-state index in [4.69, 9.17) is 40.9 Å². The van der Waals surface area contributed by atoms with E-state index in [0.29, 0.717) is 6.08 Å². The first-order valence-electron chi connectivity index (χ1n) is 5.96. The maximum atomic E-state index is 10.0. The fourth-order valence-corrected chi connectivity index (χ4v) is 0.177. The number of aliphatic carboxylic acids is 2. The SMILES string of the molecule is C=CC(=O)O.C=CC(=O)O.C=CC(=O)OC(O)(O)O.CCC(O)(O)O. The molecule has 8 N–H and O–H groups in total. The van der Waals surface area contributed by atoms with E-state index in [1.165, 1.54) is 6.92 Å². The van der Waals surface area contributed by atoms with Crippen molar-refractivity contribution in [3.8, 4) is 0 Å². The lowest BCUT2D eigenvalue weighted by molar-refractivity contribution is -0.434. The Morgan fingerprint density at radius 1 is 0.840 bits per heavy atom. The number of rotatable bonds is 5. The second kappa shape index (κ2) is 16.3. The summed E-state index contributed by atoms with van der Waals surface area (Å²) in [6.07, 6.45) is -1.12. The van der Waals surface area contributed by atoms with Crippen LogP contribution in [0.2, 0.25) is 0 Å². The molecule has 0 amide bonds. The molecule has 0 fully saturated rings. The summed E-state index contributed by atoms with van der Waals surface area (Å²) in [5, 5.41) is 62.8. The molecule has 0 unspecified atom stereocenters. The van der Waals surface area contributed by atoms with E-state index in [0.717, 1.165) is 12.2 Å². The minimum absolute atomic E-state index is 0.0625. The normalized spacial score (nSPS) is 9.24. The molecule has 0 radical (unpaired) electrons. The molecule has 146 valence electrons. The van der Waals surface area contributed by atoms with E-state index < -0.39 is 30.0 Å². The largest absolute Gasteiger partial charge is 0.478 e. The van der Waals surface area contributed by atoms with E-state index in [1.807, 2.05) is 0 Å². The third kappa shape index (κ3) is 62.0. The molecule has 0 spiro atoms. The summed E-state index contributed by atoms with van der Waals surface area (Å²) < 4.78 is 3.50. The van der Waals surface area contributed by atoms with E-state index in [1.54, 1.807) is 0 Å². The first-order chi connectivity index (χ1) is 11.1. The maximum Gasteiger partial charge on any atom is 0.455 e. The molecule has 0 saturated heterocycles. The van der Waals surface area contributed by atoms with E-state index in [9.17, 15) is 14.4 Å². The fraction of sp³-hybridized carbons (Fsp3) is 0.308. The molecule has 0 bridgehead atoms. The monoisotopic (exact) mass is 370 g/mol. The summed E-state index contributed by atoms with van der Waals surface area (Å²) in [4.78, 5) is 28.5. The zero-order valence-electron chi connectivity index (χ0n) is 13.3. The van der Waals surface area contributed by atoms with Gasteiger partial charge in [-0.25, -0.2) is 14.4 Å². The molecule has 25 heavy (non-hydrogen) atoms. The van der Waals surface area contributed by atoms with Gasteiger partial charge in [-0.05, 0) is 0 Å². The lowest BCUT2D eigenvalue weighted by Crippen LogP contribution is -2.33. The van der Waals surface area contributed by atoms with Gasteiger partial charge in [0.15, 0.2) is 0 Å². The van der Waals surface area contributed by atoms with Gasteiger partial charge in [0.2, 0.25) is 0 Å². The van der Waals surface area contributed by atoms with Crippen LogP contribution in [0.15, 0.2) is 38.0 Å². The van der Waals surface area contributed by atoms with Gasteiger partial charge in [-0.15, -0.1) is 0 Å². The van der Waals surface area contributed by atoms with Gasteiger partial charge in [-0.2, -0.15) is 0 Å². The van der Waals surface area contributed by atoms with Crippen LogP contribution in [0, 0.1) is 0 Å². The molecule has 0 rings (SSSR count). The van der Waals surface area contributed by atoms with Crippen molar-refractivity contribution < 1.29 is 60.0 Å². The molecular weight excluding hydrogens is 348 g/mol. The van der Waals surface area contributed by atoms with Crippen molar-refractivity contribution in [3.63, 3.8) is 0 Å². The van der Waals surface area contributed by atoms with Gasteiger partial charge < -0.3 is 45.6 Å². The van der Waals surface area contributed by atoms with Gasteiger partial charge in [-0.1, -0.05) is 26.7 Å². The number of carboxylic acid groups (broad SMARTS) is 2. The van der Waals surface area contributed by atoms with Crippen LogP contribution >= 0.6 is 0 Å². The van der Waals surface area contributed by atoms with Crippen LogP contribution in [0.1, 0.15) is 13.3 Å². The average molecular weight is 370 g/mol. The number of ether oxygens (including phenoxy) is 1. The number of hydrogen-bond donors (Lipinski definition) is 8. The maximum absolute atomic E-state index is 10.0. The van der Waals surface area contributed by atoms with Crippen molar-refractivity contribution >= 4 is 17.9 Å². The van der Waals surface area contributed by atoms with E-state index >= 15 is 0 Å². The fourth-order valence-electron chi connectivity index (χ4n) is 0.177. The minimum atomic E-state index is -3.40. The molecule has 0 aromatic carbocycles. The van der Waals surface area contributed by atoms with Crippen LogP contribution in [0.3, 0.4) is 0 Å². The standard InChI is InChI=1S/C4H6O5.C3H8O3.2C3H4O2/c1-2-3(5)9-4(6,7)8;1-2-3(4,5)6;2*1-2-3(4)5/h2,6-8H,1H2;4-6H,2H2,1H3;2*2H,1H2,(H,4,5). The first kappa shape index (κ1) is 30.3. The summed E-state index contributed by atoms with van der Waals surface area (Å²) in [6, 6.07) is 0. The summed E-state index contributed by atoms with van der Waals surface area (Å²) in [7, 11) is 0. The molecule has 0 aliphatic carbocycles. The van der Waals surface area contributed by atoms with Gasteiger partial charge in [-0.3, -0.25) is 0 Å². The molecule has 0 aliphatic rings. The van der Waals surface area contributed by atoms with Gasteiger partial charge in [0.1, 0.15) is 0 Å². The summed E-state index contributed by atoms with van der Waals surface area (Å²) >= 11 is 0. The number of hydrogen-bond acceptors (Lipinski definition) is 10. The molecule has 0 atom stereocenters. The summed E-state index contributed by atoms with van der Waals surface area (Å²) in [6.45, 7) is 10.3. The van der Waals surface area contributed by atoms with Crippen molar-refractivity contribution in [2.75, 3.05) is 0 Å². The topological polar surface area (TPSA) is 222 Å². The van der Waals surface area contributed by atoms with Crippen molar-refractivity contribution in [3.05, 3.63) is 38.0 Å². The summed E-state index contributed by atoms with van der Waals surface area (Å²) in [5.74, 6) is -5.54. The van der Waals surface area contributed by atoms with Crippen LogP contribution in [0.5, 0.6) is 0 Å². The van der Waals surface area contributed by atoms with Crippen LogP contribution in [0.4, 0.5) is 0 Å². The Bertz CT molecular complexity index is 409. The predicted octanol–water partition coefficient (Wildman–Crippen LogP) is -2.16. The zero-order chi connectivity index (χ0) is 21.3. The second-order valence-corrected chi connectivity index (χ2v) is 3.41. The minimum Gasteiger partial charge on any atom is -0.478 e. The number of carbonyl (C=O) groups excluding carboxylic acids is 1. The molecule has 0 heterocycles.